The number of unbranched alkanes of at least 4 members (excludes halogenated alkanes) is 1. The fourth-order valence-electron chi connectivity index (χ4n) is 1.56. The summed E-state index contributed by atoms with van der Waals surface area (Å²) in [6.07, 6.45) is 6.92. The normalized spacial score (nSPS) is 11.5. The molecule has 74 valence electrons. The van der Waals surface area contributed by atoms with E-state index in [0.717, 1.165) is 5.92 Å². The van der Waals surface area contributed by atoms with E-state index in [4.69, 9.17) is 0 Å². The molecule has 0 radical (unpaired) electrons. The molecule has 0 aromatic rings. The summed E-state index contributed by atoms with van der Waals surface area (Å²) in [5.74, 6) is 0.979. The third-order valence-corrected chi connectivity index (χ3v) is 2.62. The molecule has 0 aliphatic rings. The van der Waals surface area contributed by atoms with Gasteiger partial charge >= 0.3 is 0 Å². The van der Waals surface area contributed by atoms with Crippen LogP contribution in [0.2, 0.25) is 0 Å². The largest absolute Gasteiger partial charge is 0.309 e. The molecule has 0 rings (SSSR count). The molecule has 0 saturated heterocycles. The predicted octanol–water partition coefficient (Wildman–Crippen LogP) is 3.15. The summed E-state index contributed by atoms with van der Waals surface area (Å²) in [5, 5.41) is 0. The quantitative estimate of drug-likeness (QED) is 0.532. The lowest BCUT2D eigenvalue weighted by molar-refractivity contribution is 0.368. The first kappa shape index (κ1) is 12.0. The average molecular weight is 171 g/mol. The first-order valence-corrected chi connectivity index (χ1v) is 5.35. The minimum atomic E-state index is 0.979. The highest BCUT2D eigenvalue weighted by atomic mass is 15.0. The Kier molecular flexibility index (Phi) is 7.58. The van der Waals surface area contributed by atoms with Crippen molar-refractivity contribution in [2.24, 2.45) is 5.92 Å². The molecule has 0 aliphatic carbocycles. The summed E-state index contributed by atoms with van der Waals surface area (Å²) in [4.78, 5) is 2.27. The van der Waals surface area contributed by atoms with E-state index in [1.807, 2.05) is 0 Å². The van der Waals surface area contributed by atoms with Gasteiger partial charge in [-0.15, -0.1) is 0 Å². The minimum absolute atomic E-state index is 0.979. The van der Waals surface area contributed by atoms with Gasteiger partial charge in [0.15, 0.2) is 0 Å². The zero-order chi connectivity index (χ0) is 9.40. The van der Waals surface area contributed by atoms with Crippen molar-refractivity contribution < 1.29 is 0 Å². The van der Waals surface area contributed by atoms with Crippen LogP contribution in [-0.4, -0.2) is 25.5 Å². The maximum Gasteiger partial charge on any atom is -0.00248 e. The Morgan fingerprint density at radius 2 is 1.58 bits per heavy atom. The van der Waals surface area contributed by atoms with Gasteiger partial charge in [0, 0.05) is 0 Å². The maximum atomic E-state index is 2.31. The van der Waals surface area contributed by atoms with Crippen LogP contribution in [0.3, 0.4) is 0 Å². The van der Waals surface area contributed by atoms with Crippen molar-refractivity contribution in [1.29, 1.82) is 0 Å². The molecule has 0 atom stereocenters. The topological polar surface area (TPSA) is 3.24 Å². The maximum absolute atomic E-state index is 2.31. The molecule has 0 saturated carbocycles. The SMILES string of the molecule is CCC(CC)CCCCN(C)C. The van der Waals surface area contributed by atoms with Crippen molar-refractivity contribution in [1.82, 2.24) is 4.90 Å². The molecule has 1 heteroatoms. The van der Waals surface area contributed by atoms with Crippen LogP contribution in [0, 0.1) is 5.92 Å². The first-order chi connectivity index (χ1) is 5.70. The van der Waals surface area contributed by atoms with Crippen molar-refractivity contribution in [3.8, 4) is 0 Å². The Hall–Kier alpha value is -0.0400. The molecule has 0 aromatic heterocycles. The predicted molar refractivity (Wildman–Crippen MR) is 56.5 cm³/mol. The molecular formula is C11H25N. The fraction of sp³-hybridized carbons (Fsp3) is 1.00. The number of hydrogen-bond donors (Lipinski definition) is 0. The van der Waals surface area contributed by atoms with Gasteiger partial charge in [0.25, 0.3) is 0 Å². The zero-order valence-electron chi connectivity index (χ0n) is 9.27. The molecule has 1 nitrogen and oxygen atoms in total. The van der Waals surface area contributed by atoms with Crippen LogP contribution < -0.4 is 0 Å². The Bertz CT molecular complexity index is 85.0. The van der Waals surface area contributed by atoms with E-state index in [9.17, 15) is 0 Å². The van der Waals surface area contributed by atoms with E-state index in [1.165, 1.54) is 38.6 Å². The van der Waals surface area contributed by atoms with Gasteiger partial charge in [0.2, 0.25) is 0 Å². The molecule has 0 heterocycles. The summed E-state index contributed by atoms with van der Waals surface area (Å²) in [6, 6.07) is 0. The van der Waals surface area contributed by atoms with Crippen molar-refractivity contribution >= 4 is 0 Å². The van der Waals surface area contributed by atoms with E-state index >= 15 is 0 Å². The highest BCUT2D eigenvalue weighted by molar-refractivity contribution is 4.55. The van der Waals surface area contributed by atoms with Crippen LogP contribution in [0.5, 0.6) is 0 Å². The van der Waals surface area contributed by atoms with E-state index in [1.54, 1.807) is 0 Å². The van der Waals surface area contributed by atoms with Gasteiger partial charge in [-0.25, -0.2) is 0 Å². The van der Waals surface area contributed by atoms with E-state index in [0.29, 0.717) is 0 Å². The van der Waals surface area contributed by atoms with Gasteiger partial charge in [0.1, 0.15) is 0 Å². The van der Waals surface area contributed by atoms with Gasteiger partial charge in [-0.05, 0) is 33.0 Å². The van der Waals surface area contributed by atoms with Crippen LogP contribution in [0.25, 0.3) is 0 Å². The van der Waals surface area contributed by atoms with Crippen LogP contribution in [0.4, 0.5) is 0 Å². The molecule has 0 fully saturated rings. The van der Waals surface area contributed by atoms with Crippen LogP contribution in [-0.2, 0) is 0 Å². The summed E-state index contributed by atoms with van der Waals surface area (Å²) in [6.45, 7) is 5.86. The van der Waals surface area contributed by atoms with Gasteiger partial charge in [-0.3, -0.25) is 0 Å². The molecule has 0 unspecified atom stereocenters. The summed E-state index contributed by atoms with van der Waals surface area (Å²) < 4.78 is 0. The number of rotatable bonds is 7. The molecule has 12 heavy (non-hydrogen) atoms. The first-order valence-electron chi connectivity index (χ1n) is 5.35. The summed E-state index contributed by atoms with van der Waals surface area (Å²) in [5.41, 5.74) is 0. The van der Waals surface area contributed by atoms with Gasteiger partial charge < -0.3 is 4.90 Å². The number of hydrogen-bond acceptors (Lipinski definition) is 1. The van der Waals surface area contributed by atoms with Crippen molar-refractivity contribution in [2.75, 3.05) is 20.6 Å². The molecular weight excluding hydrogens is 146 g/mol. The molecule has 0 aliphatic heterocycles. The second-order valence-corrected chi connectivity index (χ2v) is 3.98. The molecule has 0 aromatic carbocycles. The summed E-state index contributed by atoms with van der Waals surface area (Å²) in [7, 11) is 4.30. The van der Waals surface area contributed by atoms with Crippen LogP contribution >= 0.6 is 0 Å². The molecule has 0 spiro atoms. The Morgan fingerprint density at radius 3 is 2.00 bits per heavy atom. The zero-order valence-corrected chi connectivity index (χ0v) is 9.27. The fourth-order valence-corrected chi connectivity index (χ4v) is 1.56. The molecule has 0 bridgehead atoms. The van der Waals surface area contributed by atoms with Gasteiger partial charge in [-0.2, -0.15) is 0 Å². The van der Waals surface area contributed by atoms with Gasteiger partial charge in [-0.1, -0.05) is 39.5 Å². The standard InChI is InChI=1S/C11H25N/c1-5-11(6-2)9-7-8-10-12(3)4/h11H,5-10H2,1-4H3. The van der Waals surface area contributed by atoms with Crippen molar-refractivity contribution in [2.45, 2.75) is 46.0 Å². The van der Waals surface area contributed by atoms with Crippen LogP contribution in [0.1, 0.15) is 46.0 Å². The van der Waals surface area contributed by atoms with Crippen LogP contribution in [0.15, 0.2) is 0 Å². The van der Waals surface area contributed by atoms with E-state index in [-0.39, 0.29) is 0 Å². The minimum Gasteiger partial charge on any atom is -0.309 e. The third kappa shape index (κ3) is 6.66. The third-order valence-electron chi connectivity index (χ3n) is 2.62. The monoisotopic (exact) mass is 171 g/mol. The van der Waals surface area contributed by atoms with E-state index < -0.39 is 0 Å². The van der Waals surface area contributed by atoms with Crippen molar-refractivity contribution in [3.05, 3.63) is 0 Å². The molecule has 0 amide bonds. The smallest absolute Gasteiger partial charge is 0.00248 e. The second-order valence-electron chi connectivity index (χ2n) is 3.98. The summed E-state index contributed by atoms with van der Waals surface area (Å²) >= 11 is 0. The van der Waals surface area contributed by atoms with Gasteiger partial charge in [0.05, 0.1) is 0 Å². The second kappa shape index (κ2) is 7.60. The van der Waals surface area contributed by atoms with Crippen molar-refractivity contribution in [3.63, 3.8) is 0 Å². The highest BCUT2D eigenvalue weighted by Crippen LogP contribution is 2.15. The lowest BCUT2D eigenvalue weighted by Gasteiger charge is -2.13. The Morgan fingerprint density at radius 1 is 1.00 bits per heavy atom. The average Bonchev–Trinajstić information content (AvgIpc) is 2.04. The highest BCUT2D eigenvalue weighted by Gasteiger charge is 2.02. The van der Waals surface area contributed by atoms with E-state index in [2.05, 4.69) is 32.8 Å². The Balaban J connectivity index is 3.17. The Labute approximate surface area is 78.1 Å². The number of nitrogens with zero attached hydrogens (tertiary/aromatic N) is 1. The lowest BCUT2D eigenvalue weighted by Crippen LogP contribution is -2.13. The molecule has 0 N–H and O–H groups in total. The lowest BCUT2D eigenvalue weighted by atomic mass is 9.97.